The smallest absolute Gasteiger partial charge is 0.191 e. The molecule has 0 unspecified atom stereocenters. The Kier molecular flexibility index (Phi) is 6.95. The monoisotopic (exact) mass is 440 g/mol. The number of nitrogens with one attached hydrogen (secondary N) is 3. The molecule has 1 aromatic carbocycles. The Hall–Kier alpha value is -1.24. The highest BCUT2D eigenvalue weighted by Crippen LogP contribution is 2.42. The molecule has 0 atom stereocenters. The molecule has 1 saturated carbocycles. The number of benzene rings is 1. The minimum absolute atomic E-state index is 0. The van der Waals surface area contributed by atoms with Gasteiger partial charge in [-0.2, -0.15) is 0 Å². The molecule has 24 heavy (non-hydrogen) atoms. The number of fused-ring (bicyclic) bond motifs is 1. The Morgan fingerprint density at radius 2 is 2.04 bits per heavy atom. The lowest BCUT2D eigenvalue weighted by molar-refractivity contribution is 0.131. The van der Waals surface area contributed by atoms with E-state index in [2.05, 4.69) is 57.9 Å². The summed E-state index contributed by atoms with van der Waals surface area (Å²) >= 11 is 0. The minimum Gasteiger partial charge on any atom is -0.358 e. The molecule has 0 radical (unpaired) electrons. The van der Waals surface area contributed by atoms with Crippen LogP contribution in [0, 0.1) is 5.41 Å². The first-order valence-corrected chi connectivity index (χ1v) is 8.76. The summed E-state index contributed by atoms with van der Waals surface area (Å²) in [6, 6.07) is 10.6. The first-order valence-electron chi connectivity index (χ1n) is 8.76. The fourth-order valence-electron chi connectivity index (χ4n) is 3.41. The summed E-state index contributed by atoms with van der Waals surface area (Å²) in [6.07, 6.45) is 6.30. The first kappa shape index (κ1) is 19.1. The van der Waals surface area contributed by atoms with Crippen molar-refractivity contribution < 1.29 is 0 Å². The molecule has 1 aromatic heterocycles. The number of aromatic amines is 1. The number of aliphatic imine (C=N–C) groups is 1. The van der Waals surface area contributed by atoms with Crippen LogP contribution in [-0.2, 0) is 6.42 Å². The third kappa shape index (κ3) is 4.43. The van der Waals surface area contributed by atoms with Crippen LogP contribution in [0.3, 0.4) is 0 Å². The summed E-state index contributed by atoms with van der Waals surface area (Å²) in [6.45, 7) is 4.22. The Labute approximate surface area is 161 Å². The van der Waals surface area contributed by atoms with E-state index in [0.29, 0.717) is 5.41 Å². The Morgan fingerprint density at radius 1 is 1.25 bits per heavy atom. The lowest BCUT2D eigenvalue weighted by Crippen LogP contribution is -2.46. The van der Waals surface area contributed by atoms with Gasteiger partial charge in [-0.25, -0.2) is 0 Å². The van der Waals surface area contributed by atoms with E-state index in [1.165, 1.54) is 42.3 Å². The predicted octanol–water partition coefficient (Wildman–Crippen LogP) is 4.07. The van der Waals surface area contributed by atoms with Gasteiger partial charge in [-0.3, -0.25) is 4.99 Å². The van der Waals surface area contributed by atoms with Crippen LogP contribution in [0.1, 0.15) is 38.3 Å². The van der Waals surface area contributed by atoms with Crippen molar-refractivity contribution in [1.82, 2.24) is 15.6 Å². The number of para-hydroxylation sites is 1. The molecule has 132 valence electrons. The molecule has 2 aromatic rings. The number of H-pyrrole nitrogens is 1. The van der Waals surface area contributed by atoms with Gasteiger partial charge in [0.05, 0.1) is 0 Å². The maximum atomic E-state index is 4.34. The van der Waals surface area contributed by atoms with Crippen molar-refractivity contribution in [3.05, 3.63) is 36.0 Å². The van der Waals surface area contributed by atoms with E-state index in [9.17, 15) is 0 Å². The minimum atomic E-state index is 0. The summed E-state index contributed by atoms with van der Waals surface area (Å²) in [4.78, 5) is 7.81. The number of guanidine groups is 1. The van der Waals surface area contributed by atoms with Crippen molar-refractivity contribution >= 4 is 40.8 Å². The number of rotatable bonds is 6. The van der Waals surface area contributed by atoms with E-state index >= 15 is 0 Å². The van der Waals surface area contributed by atoms with Gasteiger partial charge < -0.3 is 15.6 Å². The van der Waals surface area contributed by atoms with E-state index < -0.39 is 0 Å². The quantitative estimate of drug-likeness (QED) is 0.360. The number of aromatic nitrogens is 1. The summed E-state index contributed by atoms with van der Waals surface area (Å²) in [5.41, 5.74) is 2.98. The van der Waals surface area contributed by atoms with E-state index in [1.54, 1.807) is 0 Å². The van der Waals surface area contributed by atoms with Gasteiger partial charge in [0, 0.05) is 37.8 Å². The van der Waals surface area contributed by atoms with Crippen molar-refractivity contribution in [3.8, 4) is 0 Å². The van der Waals surface area contributed by atoms with Crippen LogP contribution in [-0.4, -0.2) is 31.1 Å². The fraction of sp³-hybridized carbons (Fsp3) is 0.526. The van der Waals surface area contributed by atoms with Crippen molar-refractivity contribution in [2.75, 3.05) is 20.1 Å². The van der Waals surface area contributed by atoms with Crippen molar-refractivity contribution in [2.24, 2.45) is 10.4 Å². The van der Waals surface area contributed by atoms with Crippen LogP contribution >= 0.6 is 24.0 Å². The van der Waals surface area contributed by atoms with Crippen LogP contribution in [0.2, 0.25) is 0 Å². The van der Waals surface area contributed by atoms with Crippen LogP contribution in [0.4, 0.5) is 0 Å². The second-order valence-electron chi connectivity index (χ2n) is 6.69. The Balaban J connectivity index is 0.00000208. The molecule has 0 bridgehead atoms. The van der Waals surface area contributed by atoms with Gasteiger partial charge in [-0.15, -0.1) is 24.0 Å². The summed E-state index contributed by atoms with van der Waals surface area (Å²) < 4.78 is 0. The molecule has 0 aliphatic heterocycles. The van der Waals surface area contributed by atoms with Crippen molar-refractivity contribution in [3.63, 3.8) is 0 Å². The highest BCUT2D eigenvalue weighted by Gasteiger charge is 2.34. The summed E-state index contributed by atoms with van der Waals surface area (Å²) in [5.74, 6) is 0.917. The second-order valence-corrected chi connectivity index (χ2v) is 6.69. The molecule has 3 N–H and O–H groups in total. The van der Waals surface area contributed by atoms with E-state index in [0.717, 1.165) is 25.5 Å². The van der Waals surface area contributed by atoms with E-state index in [4.69, 9.17) is 0 Å². The lowest BCUT2D eigenvalue weighted by Gasteiger charge is -2.41. The highest BCUT2D eigenvalue weighted by molar-refractivity contribution is 14.0. The Morgan fingerprint density at radius 3 is 2.67 bits per heavy atom. The zero-order chi connectivity index (χ0) is 16.1. The van der Waals surface area contributed by atoms with Crippen LogP contribution in [0.15, 0.2) is 35.3 Å². The van der Waals surface area contributed by atoms with E-state index in [-0.39, 0.29) is 24.0 Å². The number of nitrogens with zero attached hydrogens (tertiary/aromatic N) is 1. The molecule has 0 amide bonds. The van der Waals surface area contributed by atoms with Crippen LogP contribution in [0.5, 0.6) is 0 Å². The van der Waals surface area contributed by atoms with Gasteiger partial charge in [0.25, 0.3) is 0 Å². The van der Waals surface area contributed by atoms with Crippen molar-refractivity contribution in [2.45, 2.75) is 39.0 Å². The molecule has 3 rings (SSSR count). The first-order chi connectivity index (χ1) is 11.2. The van der Waals surface area contributed by atoms with Crippen molar-refractivity contribution in [1.29, 1.82) is 0 Å². The van der Waals surface area contributed by atoms with Gasteiger partial charge in [0.2, 0.25) is 0 Å². The molecule has 0 saturated heterocycles. The third-order valence-electron chi connectivity index (χ3n) is 5.29. The highest BCUT2D eigenvalue weighted by atomic mass is 127. The van der Waals surface area contributed by atoms with Gasteiger partial charge in [0.15, 0.2) is 5.96 Å². The average Bonchev–Trinajstić information content (AvgIpc) is 2.95. The average molecular weight is 440 g/mol. The molecule has 1 fully saturated rings. The molecule has 1 aliphatic rings. The van der Waals surface area contributed by atoms with Gasteiger partial charge >= 0.3 is 0 Å². The van der Waals surface area contributed by atoms with Crippen LogP contribution < -0.4 is 10.6 Å². The summed E-state index contributed by atoms with van der Waals surface area (Å²) in [7, 11) is 1.84. The molecule has 1 heterocycles. The van der Waals surface area contributed by atoms with Gasteiger partial charge in [-0.1, -0.05) is 31.5 Å². The maximum Gasteiger partial charge on any atom is 0.191 e. The predicted molar refractivity (Wildman–Crippen MR) is 113 cm³/mol. The zero-order valence-electron chi connectivity index (χ0n) is 14.7. The molecule has 1 aliphatic carbocycles. The molecular formula is C19H29IN4. The topological polar surface area (TPSA) is 52.2 Å². The summed E-state index contributed by atoms with van der Waals surface area (Å²) in [5, 5.41) is 8.21. The third-order valence-corrected chi connectivity index (χ3v) is 5.29. The lowest BCUT2D eigenvalue weighted by atomic mass is 9.67. The normalized spacial score (nSPS) is 16.3. The fourth-order valence-corrected chi connectivity index (χ4v) is 3.41. The number of halogens is 1. The van der Waals surface area contributed by atoms with Crippen LogP contribution in [0.25, 0.3) is 10.9 Å². The van der Waals surface area contributed by atoms with Gasteiger partial charge in [0.1, 0.15) is 0 Å². The standard InChI is InChI=1S/C19H28N4.HI/c1-3-19(10-6-11-19)14-22-18(20-2)21-12-9-16-13-15-7-4-5-8-17(15)23-16;/h4-5,7-8,13,23H,3,6,9-12,14H2,1-2H3,(H2,20,21,22);1H. The Bertz CT molecular complexity index is 634. The maximum absolute atomic E-state index is 4.34. The molecule has 4 nitrogen and oxygen atoms in total. The zero-order valence-corrected chi connectivity index (χ0v) is 17.0. The molecule has 0 spiro atoms. The number of hydrogen-bond donors (Lipinski definition) is 3. The van der Waals surface area contributed by atoms with E-state index in [1.807, 2.05) is 7.05 Å². The SMILES string of the molecule is CCC1(CNC(=NC)NCCc2cc3ccccc3[nH]2)CCC1.I. The molecular weight excluding hydrogens is 411 g/mol. The molecule has 5 heteroatoms. The second kappa shape index (κ2) is 8.74. The number of hydrogen-bond acceptors (Lipinski definition) is 1. The van der Waals surface area contributed by atoms with Gasteiger partial charge in [-0.05, 0) is 42.2 Å². The largest absolute Gasteiger partial charge is 0.358 e.